The minimum absolute atomic E-state index is 0.134. The molecule has 8 nitrogen and oxygen atoms in total. The Labute approximate surface area is 146 Å². The van der Waals surface area contributed by atoms with Gasteiger partial charge in [0, 0.05) is 56.3 Å². The molecule has 134 valence electrons. The fraction of sp³-hybridized carbons (Fsp3) is 0.529. The third kappa shape index (κ3) is 4.07. The van der Waals surface area contributed by atoms with Crippen molar-refractivity contribution in [2.75, 3.05) is 13.1 Å². The van der Waals surface area contributed by atoms with Crippen LogP contribution in [0, 0.1) is 0 Å². The molecule has 0 radical (unpaired) electrons. The highest BCUT2D eigenvalue weighted by molar-refractivity contribution is 5.76. The number of rotatable bonds is 6. The van der Waals surface area contributed by atoms with Crippen LogP contribution in [0.25, 0.3) is 0 Å². The van der Waals surface area contributed by atoms with Gasteiger partial charge in [0.05, 0.1) is 0 Å². The lowest BCUT2D eigenvalue weighted by Gasteiger charge is -2.33. The number of aromatic nitrogens is 4. The number of amides is 1. The molecule has 1 saturated heterocycles. The van der Waals surface area contributed by atoms with Gasteiger partial charge in [-0.05, 0) is 31.4 Å². The molecule has 1 aliphatic rings. The molecule has 0 saturated carbocycles. The summed E-state index contributed by atoms with van der Waals surface area (Å²) >= 11 is 0. The Morgan fingerprint density at radius 3 is 2.80 bits per heavy atom. The second kappa shape index (κ2) is 7.50. The van der Waals surface area contributed by atoms with Crippen LogP contribution in [-0.4, -0.2) is 54.5 Å². The summed E-state index contributed by atoms with van der Waals surface area (Å²) in [5.74, 6) is -0.642. The van der Waals surface area contributed by atoms with Gasteiger partial charge < -0.3 is 10.0 Å². The molecule has 2 aromatic heterocycles. The first-order valence-corrected chi connectivity index (χ1v) is 8.52. The van der Waals surface area contributed by atoms with Gasteiger partial charge in [-0.25, -0.2) is 0 Å². The molecule has 3 heterocycles. The topological polar surface area (TPSA) is 93.3 Å². The molecule has 1 N–H and O–H groups in total. The summed E-state index contributed by atoms with van der Waals surface area (Å²) in [7, 11) is 1.88. The maximum Gasteiger partial charge on any atom is 0.325 e. The van der Waals surface area contributed by atoms with Crippen molar-refractivity contribution in [3.8, 4) is 0 Å². The maximum atomic E-state index is 12.6. The molecule has 2 aromatic rings. The highest BCUT2D eigenvalue weighted by Crippen LogP contribution is 2.27. The van der Waals surface area contributed by atoms with Crippen LogP contribution in [0.4, 0.5) is 0 Å². The van der Waals surface area contributed by atoms with Gasteiger partial charge in [-0.1, -0.05) is 0 Å². The number of hydrogen-bond acceptors (Lipinski definition) is 4. The van der Waals surface area contributed by atoms with Gasteiger partial charge in [-0.3, -0.25) is 19.0 Å². The molecule has 0 bridgehead atoms. The zero-order chi connectivity index (χ0) is 17.8. The lowest BCUT2D eigenvalue weighted by atomic mass is 9.94. The van der Waals surface area contributed by atoms with Crippen molar-refractivity contribution < 1.29 is 14.7 Å². The first kappa shape index (κ1) is 17.2. The molecule has 0 aliphatic carbocycles. The first-order valence-electron chi connectivity index (χ1n) is 8.52. The second-order valence-corrected chi connectivity index (χ2v) is 6.43. The van der Waals surface area contributed by atoms with Gasteiger partial charge in [0.25, 0.3) is 0 Å². The Hall–Kier alpha value is -2.64. The summed E-state index contributed by atoms with van der Waals surface area (Å²) < 4.78 is 3.31. The molecule has 25 heavy (non-hydrogen) atoms. The predicted octanol–water partition coefficient (Wildman–Crippen LogP) is 1.04. The van der Waals surface area contributed by atoms with Crippen molar-refractivity contribution in [2.45, 2.75) is 38.1 Å². The van der Waals surface area contributed by atoms with Crippen LogP contribution < -0.4 is 0 Å². The summed E-state index contributed by atoms with van der Waals surface area (Å²) in [4.78, 5) is 25.4. The summed E-state index contributed by atoms with van der Waals surface area (Å²) in [6.07, 6.45) is 6.35. The normalized spacial score (nSPS) is 17.6. The third-order valence-corrected chi connectivity index (χ3v) is 4.74. The van der Waals surface area contributed by atoms with E-state index in [0.29, 0.717) is 19.4 Å². The molecule has 0 aromatic carbocycles. The molecule has 1 atom stereocenters. The number of aliphatic carboxylic acids is 1. The fourth-order valence-corrected chi connectivity index (χ4v) is 3.43. The fourth-order valence-electron chi connectivity index (χ4n) is 3.43. The Morgan fingerprint density at radius 1 is 1.28 bits per heavy atom. The molecule has 1 aliphatic heterocycles. The summed E-state index contributed by atoms with van der Waals surface area (Å²) in [6, 6.07) is 3.79. The second-order valence-electron chi connectivity index (χ2n) is 6.43. The standard InChI is InChI=1S/C17H23N5O3/c1-20-14(6-8-18-20)4-5-16(23)21-10-2-3-13(11-21)15-7-9-19-22(15)12-17(24)25/h6-9,13H,2-5,10-12H2,1H3,(H,24,25)/t13-/m0/s1. The summed E-state index contributed by atoms with van der Waals surface area (Å²) in [5.41, 5.74) is 1.94. The molecule has 8 heteroatoms. The molecular formula is C17H23N5O3. The van der Waals surface area contributed by atoms with Crippen molar-refractivity contribution in [3.63, 3.8) is 0 Å². The third-order valence-electron chi connectivity index (χ3n) is 4.74. The minimum Gasteiger partial charge on any atom is -0.480 e. The lowest BCUT2D eigenvalue weighted by Crippen LogP contribution is -2.39. The van der Waals surface area contributed by atoms with Gasteiger partial charge in [0.15, 0.2) is 0 Å². The zero-order valence-electron chi connectivity index (χ0n) is 14.3. The van der Waals surface area contributed by atoms with Crippen LogP contribution in [0.3, 0.4) is 0 Å². The largest absolute Gasteiger partial charge is 0.480 e. The smallest absolute Gasteiger partial charge is 0.325 e. The van der Waals surface area contributed by atoms with Crippen molar-refractivity contribution in [1.29, 1.82) is 0 Å². The number of carbonyl (C=O) groups excluding carboxylic acids is 1. The number of aryl methyl sites for hydroxylation is 2. The van der Waals surface area contributed by atoms with Gasteiger partial charge in [-0.2, -0.15) is 10.2 Å². The van der Waals surface area contributed by atoms with E-state index in [0.717, 1.165) is 30.8 Å². The SMILES string of the molecule is Cn1nccc1CCC(=O)N1CCC[C@H](c2ccnn2CC(=O)O)C1. The first-order chi connectivity index (χ1) is 12.0. The van der Waals surface area contributed by atoms with Crippen molar-refractivity contribution in [3.05, 3.63) is 35.9 Å². The minimum atomic E-state index is -0.912. The molecule has 3 rings (SSSR count). The number of carboxylic acid groups (broad SMARTS) is 1. The van der Waals surface area contributed by atoms with E-state index in [1.807, 2.05) is 24.1 Å². The quantitative estimate of drug-likeness (QED) is 0.844. The van der Waals surface area contributed by atoms with Crippen molar-refractivity contribution >= 4 is 11.9 Å². The van der Waals surface area contributed by atoms with E-state index in [1.54, 1.807) is 17.1 Å². The van der Waals surface area contributed by atoms with E-state index in [1.165, 1.54) is 4.68 Å². The Bertz CT molecular complexity index is 751. The summed E-state index contributed by atoms with van der Waals surface area (Å²) in [6.45, 7) is 1.23. The van der Waals surface area contributed by atoms with E-state index in [4.69, 9.17) is 5.11 Å². The Kier molecular flexibility index (Phi) is 5.16. The summed E-state index contributed by atoms with van der Waals surface area (Å²) in [5, 5.41) is 17.2. The highest BCUT2D eigenvalue weighted by atomic mass is 16.4. The molecular weight excluding hydrogens is 322 g/mol. The van der Waals surface area contributed by atoms with Crippen molar-refractivity contribution in [1.82, 2.24) is 24.5 Å². The lowest BCUT2D eigenvalue weighted by molar-refractivity contribution is -0.138. The van der Waals surface area contributed by atoms with Gasteiger partial charge in [-0.15, -0.1) is 0 Å². The van der Waals surface area contributed by atoms with Gasteiger partial charge in [0.2, 0.25) is 5.91 Å². The van der Waals surface area contributed by atoms with Gasteiger partial charge >= 0.3 is 5.97 Å². The van der Waals surface area contributed by atoms with E-state index in [-0.39, 0.29) is 18.4 Å². The van der Waals surface area contributed by atoms with Crippen LogP contribution in [0.5, 0.6) is 0 Å². The van der Waals surface area contributed by atoms with E-state index < -0.39 is 5.97 Å². The number of likely N-dealkylation sites (tertiary alicyclic amines) is 1. The van der Waals surface area contributed by atoms with E-state index in [9.17, 15) is 9.59 Å². The van der Waals surface area contributed by atoms with Crippen LogP contribution in [0.2, 0.25) is 0 Å². The number of hydrogen-bond donors (Lipinski definition) is 1. The maximum absolute atomic E-state index is 12.6. The molecule has 0 spiro atoms. The zero-order valence-corrected chi connectivity index (χ0v) is 14.3. The van der Waals surface area contributed by atoms with Crippen LogP contribution in [-0.2, 0) is 29.6 Å². The monoisotopic (exact) mass is 345 g/mol. The molecule has 1 amide bonds. The van der Waals surface area contributed by atoms with Crippen LogP contribution in [0.15, 0.2) is 24.5 Å². The van der Waals surface area contributed by atoms with Crippen molar-refractivity contribution in [2.24, 2.45) is 7.05 Å². The predicted molar refractivity (Wildman–Crippen MR) is 89.9 cm³/mol. The number of piperidine rings is 1. The average Bonchev–Trinajstić information content (AvgIpc) is 3.21. The van der Waals surface area contributed by atoms with E-state index in [2.05, 4.69) is 10.2 Å². The van der Waals surface area contributed by atoms with E-state index >= 15 is 0 Å². The molecule has 0 unspecified atom stereocenters. The highest BCUT2D eigenvalue weighted by Gasteiger charge is 2.27. The average molecular weight is 345 g/mol. The van der Waals surface area contributed by atoms with Crippen LogP contribution in [0.1, 0.15) is 36.6 Å². The number of nitrogens with zero attached hydrogens (tertiary/aromatic N) is 5. The molecule has 1 fully saturated rings. The van der Waals surface area contributed by atoms with Gasteiger partial charge in [0.1, 0.15) is 6.54 Å². The Balaban J connectivity index is 1.61. The van der Waals surface area contributed by atoms with Crippen LogP contribution >= 0.6 is 0 Å². The number of carbonyl (C=O) groups is 2. The Morgan fingerprint density at radius 2 is 2.08 bits per heavy atom. The number of carboxylic acids is 1.